The van der Waals surface area contributed by atoms with Crippen LogP contribution in [0.2, 0.25) is 5.02 Å². The number of carbonyl (C=O) groups excluding carboxylic acids is 1. The highest BCUT2D eigenvalue weighted by Gasteiger charge is 2.32. The number of rotatable bonds is 6. The maximum Gasteiger partial charge on any atom is 0.255 e. The van der Waals surface area contributed by atoms with Crippen molar-refractivity contribution in [1.82, 2.24) is 0 Å². The van der Waals surface area contributed by atoms with E-state index in [9.17, 15) is 13.2 Å². The van der Waals surface area contributed by atoms with Gasteiger partial charge in [0, 0.05) is 16.6 Å². The molecule has 33 heavy (non-hydrogen) atoms. The van der Waals surface area contributed by atoms with E-state index in [1.165, 1.54) is 10.6 Å². The standard InChI is InChI=1S/C24H23ClN2O5S/c1-15-12-17-13-16(4-10-22(17)27(15)33(3,29)30)24(28)26-21-14-18(25)5-11-23(21)32-20-8-6-19(31-2)7-9-20/h4-11,13-15H,12H2,1-3H3,(H,26,28). The molecule has 1 unspecified atom stereocenters. The van der Waals surface area contributed by atoms with Crippen molar-refractivity contribution in [3.8, 4) is 17.2 Å². The second kappa shape index (κ2) is 8.96. The van der Waals surface area contributed by atoms with Crippen molar-refractivity contribution >= 4 is 38.9 Å². The van der Waals surface area contributed by atoms with E-state index in [-0.39, 0.29) is 11.9 Å². The lowest BCUT2D eigenvalue weighted by Gasteiger charge is -2.22. The van der Waals surface area contributed by atoms with Crippen LogP contribution >= 0.6 is 11.6 Å². The molecule has 0 aromatic heterocycles. The molecule has 0 aliphatic carbocycles. The molecule has 0 radical (unpaired) electrons. The van der Waals surface area contributed by atoms with Gasteiger partial charge in [-0.25, -0.2) is 8.42 Å². The van der Waals surface area contributed by atoms with E-state index >= 15 is 0 Å². The van der Waals surface area contributed by atoms with E-state index in [0.29, 0.717) is 45.6 Å². The normalized spacial score (nSPS) is 15.2. The van der Waals surface area contributed by atoms with E-state index < -0.39 is 10.0 Å². The number of hydrogen-bond acceptors (Lipinski definition) is 5. The van der Waals surface area contributed by atoms with Gasteiger partial charge < -0.3 is 14.8 Å². The third-order valence-corrected chi connectivity index (χ3v) is 6.84. The fourth-order valence-electron chi connectivity index (χ4n) is 3.90. The summed E-state index contributed by atoms with van der Waals surface area (Å²) >= 11 is 6.15. The summed E-state index contributed by atoms with van der Waals surface area (Å²) in [5, 5.41) is 3.29. The van der Waals surface area contributed by atoms with Crippen molar-refractivity contribution in [3.05, 3.63) is 76.8 Å². The van der Waals surface area contributed by atoms with Gasteiger partial charge in [0.1, 0.15) is 11.5 Å². The maximum absolute atomic E-state index is 13.0. The number of methoxy groups -OCH3 is 1. The monoisotopic (exact) mass is 486 g/mol. The summed E-state index contributed by atoms with van der Waals surface area (Å²) in [6.45, 7) is 1.84. The van der Waals surface area contributed by atoms with Crippen LogP contribution in [0.3, 0.4) is 0 Å². The van der Waals surface area contributed by atoms with Crippen molar-refractivity contribution in [3.63, 3.8) is 0 Å². The zero-order chi connectivity index (χ0) is 23.8. The molecule has 1 N–H and O–H groups in total. The van der Waals surface area contributed by atoms with Crippen molar-refractivity contribution < 1.29 is 22.7 Å². The van der Waals surface area contributed by atoms with Gasteiger partial charge in [-0.2, -0.15) is 0 Å². The molecular formula is C24H23ClN2O5S. The SMILES string of the molecule is COc1ccc(Oc2ccc(Cl)cc2NC(=O)c2ccc3c(c2)CC(C)N3S(C)(=O)=O)cc1. The summed E-state index contributed by atoms with van der Waals surface area (Å²) in [6.07, 6.45) is 1.72. The first kappa shape index (κ1) is 22.9. The Kier molecular flexibility index (Phi) is 6.23. The number of nitrogens with zero attached hydrogens (tertiary/aromatic N) is 1. The molecule has 0 bridgehead atoms. The summed E-state index contributed by atoms with van der Waals surface area (Å²) in [5.74, 6) is 1.34. The Morgan fingerprint density at radius 3 is 2.42 bits per heavy atom. The van der Waals surface area contributed by atoms with Gasteiger partial charge in [-0.3, -0.25) is 9.10 Å². The number of fused-ring (bicyclic) bond motifs is 1. The van der Waals surface area contributed by atoms with Crippen molar-refractivity contribution in [1.29, 1.82) is 0 Å². The van der Waals surface area contributed by atoms with Crippen LogP contribution in [0.25, 0.3) is 0 Å². The number of ether oxygens (including phenoxy) is 2. The molecule has 3 aromatic rings. The molecule has 0 fully saturated rings. The van der Waals surface area contributed by atoms with Crippen LogP contribution in [0, 0.1) is 0 Å². The molecule has 0 spiro atoms. The van der Waals surface area contributed by atoms with Crippen molar-refractivity contribution in [2.24, 2.45) is 0 Å². The number of halogens is 1. The number of carbonyl (C=O) groups is 1. The molecule has 1 amide bonds. The Balaban J connectivity index is 1.58. The first-order valence-electron chi connectivity index (χ1n) is 10.2. The highest BCUT2D eigenvalue weighted by Crippen LogP contribution is 2.36. The lowest BCUT2D eigenvalue weighted by Crippen LogP contribution is -2.34. The van der Waals surface area contributed by atoms with E-state index in [1.807, 2.05) is 6.92 Å². The predicted octanol–water partition coefficient (Wildman–Crippen LogP) is 5.10. The van der Waals surface area contributed by atoms with Crippen LogP contribution in [0.4, 0.5) is 11.4 Å². The van der Waals surface area contributed by atoms with Crippen LogP contribution in [0.1, 0.15) is 22.8 Å². The quantitative estimate of drug-likeness (QED) is 0.523. The number of benzene rings is 3. The number of hydrogen-bond donors (Lipinski definition) is 1. The second-order valence-electron chi connectivity index (χ2n) is 7.83. The first-order valence-corrected chi connectivity index (χ1v) is 12.4. The summed E-state index contributed by atoms with van der Waals surface area (Å²) in [7, 11) is -1.81. The lowest BCUT2D eigenvalue weighted by molar-refractivity contribution is 0.102. The largest absolute Gasteiger partial charge is 0.497 e. The van der Waals surface area contributed by atoms with E-state index in [4.69, 9.17) is 21.1 Å². The molecule has 7 nitrogen and oxygen atoms in total. The zero-order valence-corrected chi connectivity index (χ0v) is 19.9. The Morgan fingerprint density at radius 2 is 1.76 bits per heavy atom. The highest BCUT2D eigenvalue weighted by molar-refractivity contribution is 7.92. The third kappa shape index (κ3) is 4.91. The van der Waals surface area contributed by atoms with Gasteiger partial charge in [0.05, 0.1) is 24.7 Å². The molecule has 1 aliphatic rings. The van der Waals surface area contributed by atoms with Crippen LogP contribution in [0.5, 0.6) is 17.2 Å². The Labute approximate surface area is 197 Å². The molecule has 4 rings (SSSR count). The van der Waals surface area contributed by atoms with Crippen molar-refractivity contribution in [2.75, 3.05) is 23.0 Å². The zero-order valence-electron chi connectivity index (χ0n) is 18.3. The van der Waals surface area contributed by atoms with Crippen LogP contribution in [-0.2, 0) is 16.4 Å². The highest BCUT2D eigenvalue weighted by atomic mass is 35.5. The van der Waals surface area contributed by atoms with Crippen LogP contribution in [-0.4, -0.2) is 33.7 Å². The Morgan fingerprint density at radius 1 is 1.06 bits per heavy atom. The van der Waals surface area contributed by atoms with Gasteiger partial charge in [-0.1, -0.05) is 11.6 Å². The molecule has 0 saturated heterocycles. The van der Waals surface area contributed by atoms with Crippen LogP contribution < -0.4 is 19.1 Å². The van der Waals surface area contributed by atoms with E-state index in [2.05, 4.69) is 5.32 Å². The average molecular weight is 487 g/mol. The lowest BCUT2D eigenvalue weighted by atomic mass is 10.1. The van der Waals surface area contributed by atoms with Crippen LogP contribution in [0.15, 0.2) is 60.7 Å². The number of sulfonamides is 1. The molecule has 1 atom stereocenters. The summed E-state index contributed by atoms with van der Waals surface area (Å²) < 4.78 is 36.8. The number of nitrogens with one attached hydrogen (secondary N) is 1. The molecule has 0 saturated carbocycles. The summed E-state index contributed by atoms with van der Waals surface area (Å²) in [6, 6.07) is 16.8. The number of anilines is 2. The smallest absolute Gasteiger partial charge is 0.255 e. The molecular weight excluding hydrogens is 464 g/mol. The fourth-order valence-corrected chi connectivity index (χ4v) is 5.34. The molecule has 1 aliphatic heterocycles. The van der Waals surface area contributed by atoms with E-state index in [1.54, 1.807) is 67.8 Å². The van der Waals surface area contributed by atoms with Crippen molar-refractivity contribution in [2.45, 2.75) is 19.4 Å². The average Bonchev–Trinajstić information content (AvgIpc) is 3.11. The van der Waals surface area contributed by atoms with Gasteiger partial charge in [0.25, 0.3) is 5.91 Å². The van der Waals surface area contributed by atoms with Gasteiger partial charge in [0.2, 0.25) is 10.0 Å². The molecule has 172 valence electrons. The molecule has 9 heteroatoms. The maximum atomic E-state index is 13.0. The minimum atomic E-state index is -3.40. The van der Waals surface area contributed by atoms with Gasteiger partial charge >= 0.3 is 0 Å². The minimum Gasteiger partial charge on any atom is -0.497 e. The Hall–Kier alpha value is -3.23. The predicted molar refractivity (Wildman–Crippen MR) is 129 cm³/mol. The Bertz CT molecular complexity index is 1310. The molecule has 1 heterocycles. The van der Waals surface area contributed by atoms with Gasteiger partial charge in [0.15, 0.2) is 5.75 Å². The van der Waals surface area contributed by atoms with Gasteiger partial charge in [-0.05, 0) is 79.6 Å². The fraction of sp³-hybridized carbons (Fsp3) is 0.208. The topological polar surface area (TPSA) is 84.9 Å². The second-order valence-corrected chi connectivity index (χ2v) is 10.1. The minimum absolute atomic E-state index is 0.203. The molecule has 3 aromatic carbocycles. The summed E-state index contributed by atoms with van der Waals surface area (Å²) in [4.78, 5) is 13.0. The first-order chi connectivity index (χ1) is 15.7. The third-order valence-electron chi connectivity index (χ3n) is 5.33. The summed E-state index contributed by atoms with van der Waals surface area (Å²) in [5.41, 5.74) is 2.23. The van der Waals surface area contributed by atoms with E-state index in [0.717, 1.165) is 5.56 Å². The van der Waals surface area contributed by atoms with Gasteiger partial charge in [-0.15, -0.1) is 0 Å². The number of amides is 1.